The number of carbonyl (C=O) groups is 1. The molecule has 0 aliphatic heterocycles. The number of aromatic carboxylic acids is 1. The molecule has 0 unspecified atom stereocenters. The monoisotopic (exact) mass is 277 g/mol. The van der Waals surface area contributed by atoms with Crippen molar-refractivity contribution < 1.29 is 14.3 Å². The predicted octanol–water partition coefficient (Wildman–Crippen LogP) is 2.74. The van der Waals surface area contributed by atoms with Gasteiger partial charge < -0.3 is 10.4 Å². The first kappa shape index (κ1) is 14.0. The minimum absolute atomic E-state index is 0.336. The fraction of sp³-hybridized carbons (Fsp3) is 0.286. The molecule has 2 aromatic rings. The third-order valence-corrected chi connectivity index (χ3v) is 2.91. The molecule has 0 radical (unpaired) electrons. The molecule has 0 saturated carbocycles. The summed E-state index contributed by atoms with van der Waals surface area (Å²) >= 11 is 0. The Balaban J connectivity index is 2.09. The van der Waals surface area contributed by atoms with Crippen LogP contribution in [-0.2, 0) is 13.1 Å². The molecular formula is C14H16FN3O2. The zero-order valence-electron chi connectivity index (χ0n) is 11.1. The highest BCUT2D eigenvalue weighted by atomic mass is 19.1. The Kier molecular flexibility index (Phi) is 4.34. The molecule has 106 valence electrons. The van der Waals surface area contributed by atoms with Crippen molar-refractivity contribution in [3.63, 3.8) is 0 Å². The number of aromatic nitrogens is 2. The minimum atomic E-state index is -1.28. The second kappa shape index (κ2) is 6.18. The van der Waals surface area contributed by atoms with Crippen molar-refractivity contribution in [3.05, 3.63) is 47.5 Å². The van der Waals surface area contributed by atoms with Crippen molar-refractivity contribution in [1.82, 2.24) is 9.78 Å². The molecule has 2 rings (SSSR count). The van der Waals surface area contributed by atoms with Crippen molar-refractivity contribution in [3.8, 4) is 0 Å². The van der Waals surface area contributed by atoms with Crippen molar-refractivity contribution >= 4 is 11.7 Å². The third-order valence-electron chi connectivity index (χ3n) is 2.91. The number of carboxylic acids is 1. The average Bonchev–Trinajstić information content (AvgIpc) is 2.85. The molecule has 0 saturated heterocycles. The van der Waals surface area contributed by atoms with Gasteiger partial charge in [-0.1, -0.05) is 6.92 Å². The van der Waals surface area contributed by atoms with Crippen molar-refractivity contribution in [2.24, 2.45) is 0 Å². The highest BCUT2D eigenvalue weighted by molar-refractivity contribution is 5.89. The second-order valence-corrected chi connectivity index (χ2v) is 4.40. The van der Waals surface area contributed by atoms with E-state index in [9.17, 15) is 9.18 Å². The summed E-state index contributed by atoms with van der Waals surface area (Å²) in [6.45, 7) is 3.40. The van der Waals surface area contributed by atoms with Crippen LogP contribution in [0.15, 0.2) is 30.5 Å². The van der Waals surface area contributed by atoms with E-state index in [0.29, 0.717) is 12.2 Å². The molecule has 5 nitrogen and oxygen atoms in total. The standard InChI is InChI=1S/C14H16FN3O2/c1-2-7-18-11(5-6-17-18)9-16-10-3-4-13(15)12(8-10)14(19)20/h3-6,8,16H,2,7,9H2,1H3,(H,19,20). The van der Waals surface area contributed by atoms with Gasteiger partial charge in [-0.2, -0.15) is 5.10 Å². The lowest BCUT2D eigenvalue weighted by atomic mass is 10.2. The summed E-state index contributed by atoms with van der Waals surface area (Å²) in [5.41, 5.74) is 1.22. The number of benzene rings is 1. The number of nitrogens with zero attached hydrogens (tertiary/aromatic N) is 2. The van der Waals surface area contributed by atoms with E-state index < -0.39 is 11.8 Å². The van der Waals surface area contributed by atoms with E-state index in [1.54, 1.807) is 6.20 Å². The zero-order valence-corrected chi connectivity index (χ0v) is 11.1. The van der Waals surface area contributed by atoms with Gasteiger partial charge in [-0.3, -0.25) is 4.68 Å². The number of hydrogen-bond donors (Lipinski definition) is 2. The summed E-state index contributed by atoms with van der Waals surface area (Å²) < 4.78 is 15.2. The molecule has 20 heavy (non-hydrogen) atoms. The first-order valence-corrected chi connectivity index (χ1v) is 6.39. The number of carboxylic acid groups (broad SMARTS) is 1. The normalized spacial score (nSPS) is 10.5. The van der Waals surface area contributed by atoms with E-state index in [1.165, 1.54) is 12.1 Å². The molecule has 0 aliphatic rings. The lowest BCUT2D eigenvalue weighted by Gasteiger charge is -2.09. The van der Waals surface area contributed by atoms with Crippen LogP contribution in [0.5, 0.6) is 0 Å². The smallest absolute Gasteiger partial charge is 0.338 e. The third kappa shape index (κ3) is 3.14. The van der Waals surface area contributed by atoms with Gasteiger partial charge in [-0.25, -0.2) is 9.18 Å². The number of aryl methyl sites for hydroxylation is 1. The molecule has 1 heterocycles. The Morgan fingerprint density at radius 1 is 1.45 bits per heavy atom. The summed E-state index contributed by atoms with van der Waals surface area (Å²) in [5.74, 6) is -2.01. The van der Waals surface area contributed by atoms with Crippen LogP contribution in [-0.4, -0.2) is 20.9 Å². The molecular weight excluding hydrogens is 261 g/mol. The lowest BCUT2D eigenvalue weighted by molar-refractivity contribution is 0.0692. The van der Waals surface area contributed by atoms with Crippen molar-refractivity contribution in [2.75, 3.05) is 5.32 Å². The number of nitrogens with one attached hydrogen (secondary N) is 1. The maximum atomic E-state index is 13.3. The molecule has 0 aliphatic carbocycles. The molecule has 0 amide bonds. The Morgan fingerprint density at radius 2 is 2.25 bits per heavy atom. The molecule has 2 N–H and O–H groups in total. The maximum Gasteiger partial charge on any atom is 0.338 e. The van der Waals surface area contributed by atoms with Gasteiger partial charge in [0.25, 0.3) is 0 Å². The van der Waals surface area contributed by atoms with Gasteiger partial charge in [0.05, 0.1) is 17.8 Å². The van der Waals surface area contributed by atoms with Gasteiger partial charge in [0, 0.05) is 18.4 Å². The quantitative estimate of drug-likeness (QED) is 0.852. The molecule has 6 heteroatoms. The second-order valence-electron chi connectivity index (χ2n) is 4.40. The Hall–Kier alpha value is -2.37. The van der Waals surface area contributed by atoms with Gasteiger partial charge in [0.1, 0.15) is 5.82 Å². The number of halogens is 1. The highest BCUT2D eigenvalue weighted by Crippen LogP contribution is 2.16. The van der Waals surface area contributed by atoms with Crippen LogP contribution in [0.2, 0.25) is 0 Å². The molecule has 0 atom stereocenters. The van der Waals surface area contributed by atoms with E-state index in [4.69, 9.17) is 5.11 Å². The molecule has 1 aromatic carbocycles. The van der Waals surface area contributed by atoms with Crippen LogP contribution < -0.4 is 5.32 Å². The number of anilines is 1. The van der Waals surface area contributed by atoms with E-state index in [-0.39, 0.29) is 5.56 Å². The van der Waals surface area contributed by atoms with Crippen molar-refractivity contribution in [2.45, 2.75) is 26.4 Å². The highest BCUT2D eigenvalue weighted by Gasteiger charge is 2.11. The van der Waals surface area contributed by atoms with Crippen LogP contribution in [0.1, 0.15) is 29.4 Å². The Labute approximate surface area is 116 Å². The number of hydrogen-bond acceptors (Lipinski definition) is 3. The van der Waals surface area contributed by atoms with Crippen LogP contribution in [0, 0.1) is 5.82 Å². The Bertz CT molecular complexity index is 610. The van der Waals surface area contributed by atoms with Gasteiger partial charge in [0.2, 0.25) is 0 Å². The first-order chi connectivity index (χ1) is 9.61. The van der Waals surface area contributed by atoms with E-state index in [1.807, 2.05) is 10.7 Å². The van der Waals surface area contributed by atoms with Crippen LogP contribution in [0.4, 0.5) is 10.1 Å². The molecule has 0 fully saturated rings. The van der Waals surface area contributed by atoms with Gasteiger partial charge in [0.15, 0.2) is 0 Å². The fourth-order valence-electron chi connectivity index (χ4n) is 1.92. The molecule has 1 aromatic heterocycles. The van der Waals surface area contributed by atoms with E-state index >= 15 is 0 Å². The zero-order chi connectivity index (χ0) is 14.5. The maximum absolute atomic E-state index is 13.3. The summed E-state index contributed by atoms with van der Waals surface area (Å²) in [4.78, 5) is 10.9. The van der Waals surface area contributed by atoms with E-state index in [2.05, 4.69) is 17.3 Å². The Morgan fingerprint density at radius 3 is 2.95 bits per heavy atom. The summed E-state index contributed by atoms with van der Waals surface area (Å²) in [5, 5.41) is 16.2. The average molecular weight is 277 g/mol. The topological polar surface area (TPSA) is 67.2 Å². The van der Waals surface area contributed by atoms with Crippen molar-refractivity contribution in [1.29, 1.82) is 0 Å². The van der Waals surface area contributed by atoms with Gasteiger partial charge in [-0.15, -0.1) is 0 Å². The van der Waals surface area contributed by atoms with E-state index in [0.717, 1.165) is 24.7 Å². The van der Waals surface area contributed by atoms with Gasteiger partial charge >= 0.3 is 5.97 Å². The minimum Gasteiger partial charge on any atom is -0.478 e. The van der Waals surface area contributed by atoms with Crippen LogP contribution in [0.25, 0.3) is 0 Å². The van der Waals surface area contributed by atoms with Gasteiger partial charge in [-0.05, 0) is 30.7 Å². The fourth-order valence-corrected chi connectivity index (χ4v) is 1.92. The van der Waals surface area contributed by atoms with Crippen LogP contribution in [0.3, 0.4) is 0 Å². The summed E-state index contributed by atoms with van der Waals surface area (Å²) in [6.07, 6.45) is 2.70. The van der Waals surface area contributed by atoms with Crippen LogP contribution >= 0.6 is 0 Å². The molecule has 0 bridgehead atoms. The first-order valence-electron chi connectivity index (χ1n) is 6.39. The SMILES string of the molecule is CCCn1nccc1CNc1ccc(F)c(C(=O)O)c1. The lowest BCUT2D eigenvalue weighted by Crippen LogP contribution is -2.09. The summed E-state index contributed by atoms with van der Waals surface area (Å²) in [6, 6.07) is 5.85. The summed E-state index contributed by atoms with van der Waals surface area (Å²) in [7, 11) is 0. The predicted molar refractivity (Wildman–Crippen MR) is 73.2 cm³/mol. The largest absolute Gasteiger partial charge is 0.478 e. The molecule has 0 spiro atoms. The number of rotatable bonds is 6.